The largest absolute Gasteiger partial charge is 0.461 e. The summed E-state index contributed by atoms with van der Waals surface area (Å²) in [6.45, 7) is 7.88. The lowest BCUT2D eigenvalue weighted by Crippen LogP contribution is -2.45. The number of carbonyl (C=O) groups is 1. The summed E-state index contributed by atoms with van der Waals surface area (Å²) in [6.07, 6.45) is 0. The van der Waals surface area contributed by atoms with Crippen molar-refractivity contribution in [2.45, 2.75) is 19.3 Å². The van der Waals surface area contributed by atoms with Gasteiger partial charge in [0.15, 0.2) is 5.69 Å². The van der Waals surface area contributed by atoms with Crippen molar-refractivity contribution in [3.63, 3.8) is 0 Å². The van der Waals surface area contributed by atoms with Crippen LogP contribution in [0.2, 0.25) is 0 Å². The van der Waals surface area contributed by atoms with Crippen molar-refractivity contribution >= 4 is 17.6 Å². The van der Waals surface area contributed by atoms with Gasteiger partial charge in [0.1, 0.15) is 0 Å². The third kappa shape index (κ3) is 4.15. The molecule has 1 saturated heterocycles. The highest BCUT2D eigenvalue weighted by molar-refractivity contribution is 6.17. The Hall–Kier alpha value is -1.18. The minimum absolute atomic E-state index is 0.198. The van der Waals surface area contributed by atoms with Crippen LogP contribution in [0.1, 0.15) is 23.1 Å². The van der Waals surface area contributed by atoms with Gasteiger partial charge in [0.05, 0.1) is 24.7 Å². The van der Waals surface area contributed by atoms with E-state index in [1.165, 1.54) is 0 Å². The molecule has 7 nitrogen and oxygen atoms in total. The number of likely N-dealkylation sites (N-methyl/N-ethyl adjacent to an activating group) is 1. The van der Waals surface area contributed by atoms with Crippen LogP contribution >= 0.6 is 11.6 Å². The number of aromatic nitrogens is 3. The normalized spacial score (nSPS) is 17.1. The zero-order valence-corrected chi connectivity index (χ0v) is 13.3. The number of hydrogen-bond donors (Lipinski definition) is 0. The van der Waals surface area contributed by atoms with Crippen LogP contribution in [0, 0.1) is 0 Å². The average molecular weight is 316 g/mol. The van der Waals surface area contributed by atoms with Gasteiger partial charge in [-0.25, -0.2) is 9.48 Å². The number of halogens is 1. The first kappa shape index (κ1) is 16.2. The van der Waals surface area contributed by atoms with Gasteiger partial charge in [-0.3, -0.25) is 4.90 Å². The molecule has 1 aliphatic rings. The van der Waals surface area contributed by atoms with Gasteiger partial charge < -0.3 is 9.64 Å². The van der Waals surface area contributed by atoms with Crippen LogP contribution in [0.3, 0.4) is 0 Å². The molecule has 0 radical (unpaired) electrons. The first-order valence-electron chi connectivity index (χ1n) is 7.22. The summed E-state index contributed by atoms with van der Waals surface area (Å²) in [6, 6.07) is 0. The maximum absolute atomic E-state index is 11.8. The molecule has 0 N–H and O–H groups in total. The Bertz CT molecular complexity index is 471. The van der Waals surface area contributed by atoms with Crippen LogP contribution in [0.5, 0.6) is 0 Å². The highest BCUT2D eigenvalue weighted by Gasteiger charge is 2.21. The Balaban J connectivity index is 1.95. The third-order valence-electron chi connectivity index (χ3n) is 3.66. The van der Waals surface area contributed by atoms with E-state index >= 15 is 0 Å². The predicted octanol–water partition coefficient (Wildman–Crippen LogP) is 0.441. The first-order valence-corrected chi connectivity index (χ1v) is 7.75. The van der Waals surface area contributed by atoms with Gasteiger partial charge in [-0.05, 0) is 14.0 Å². The van der Waals surface area contributed by atoms with Gasteiger partial charge in [0.25, 0.3) is 0 Å². The molecule has 8 heteroatoms. The van der Waals surface area contributed by atoms with Crippen molar-refractivity contribution in [1.82, 2.24) is 24.8 Å². The van der Waals surface area contributed by atoms with Crippen molar-refractivity contribution in [3.05, 3.63) is 11.4 Å². The highest BCUT2D eigenvalue weighted by atomic mass is 35.5. The summed E-state index contributed by atoms with van der Waals surface area (Å²) in [5, 5.41) is 7.94. The minimum atomic E-state index is -0.459. The van der Waals surface area contributed by atoms with Crippen molar-refractivity contribution < 1.29 is 9.53 Å². The van der Waals surface area contributed by atoms with E-state index in [1.807, 2.05) is 0 Å². The Labute approximate surface area is 129 Å². The topological polar surface area (TPSA) is 63.5 Å². The fourth-order valence-electron chi connectivity index (χ4n) is 2.31. The van der Waals surface area contributed by atoms with Gasteiger partial charge in [0, 0.05) is 32.7 Å². The molecule has 0 atom stereocenters. The van der Waals surface area contributed by atoms with Crippen LogP contribution in [0.15, 0.2) is 0 Å². The van der Waals surface area contributed by atoms with Crippen molar-refractivity contribution in [2.75, 3.05) is 46.4 Å². The van der Waals surface area contributed by atoms with Crippen LogP contribution in [0.4, 0.5) is 0 Å². The number of alkyl halides is 1. The van der Waals surface area contributed by atoms with E-state index in [4.69, 9.17) is 16.3 Å². The second kappa shape index (κ2) is 7.72. The van der Waals surface area contributed by atoms with E-state index in [0.29, 0.717) is 18.8 Å². The molecule has 1 fully saturated rings. The summed E-state index contributed by atoms with van der Waals surface area (Å²) in [7, 11) is 2.13. The summed E-state index contributed by atoms with van der Waals surface area (Å²) >= 11 is 5.93. The van der Waals surface area contributed by atoms with E-state index < -0.39 is 5.97 Å². The number of esters is 1. The molecule has 1 aromatic heterocycles. The molecule has 118 valence electrons. The fraction of sp³-hybridized carbons (Fsp3) is 0.769. The Morgan fingerprint density at radius 3 is 2.62 bits per heavy atom. The van der Waals surface area contributed by atoms with Crippen molar-refractivity contribution in [3.8, 4) is 0 Å². The molecule has 1 aromatic rings. The second-order valence-corrected chi connectivity index (χ2v) is 5.37. The number of ether oxygens (including phenoxy) is 1. The Kier molecular flexibility index (Phi) is 5.96. The van der Waals surface area contributed by atoms with E-state index in [9.17, 15) is 4.79 Å². The molecule has 0 bridgehead atoms. The number of hydrogen-bond acceptors (Lipinski definition) is 6. The lowest BCUT2D eigenvalue weighted by Gasteiger charge is -2.32. The predicted molar refractivity (Wildman–Crippen MR) is 79.5 cm³/mol. The summed E-state index contributed by atoms with van der Waals surface area (Å²) < 4.78 is 6.67. The van der Waals surface area contributed by atoms with Crippen LogP contribution < -0.4 is 0 Å². The number of piperazine rings is 1. The third-order valence-corrected chi connectivity index (χ3v) is 3.91. The van der Waals surface area contributed by atoms with Gasteiger partial charge in [0.2, 0.25) is 0 Å². The number of rotatable bonds is 6. The number of nitrogens with zero attached hydrogens (tertiary/aromatic N) is 5. The standard InChI is InChI=1S/C13H22ClN5O2/c1-3-21-13(20)12-11(10-14)19(16-15-12)9-8-18-6-4-17(2)5-7-18/h3-10H2,1-2H3. The molecule has 2 heterocycles. The minimum Gasteiger partial charge on any atom is -0.461 e. The molecule has 0 aliphatic carbocycles. The molecule has 0 spiro atoms. The second-order valence-electron chi connectivity index (χ2n) is 5.11. The lowest BCUT2D eigenvalue weighted by molar-refractivity contribution is 0.0518. The monoisotopic (exact) mass is 315 g/mol. The number of carbonyl (C=O) groups excluding carboxylic acids is 1. The summed E-state index contributed by atoms with van der Waals surface area (Å²) in [4.78, 5) is 16.5. The molecule has 21 heavy (non-hydrogen) atoms. The quantitative estimate of drug-likeness (QED) is 0.561. The van der Waals surface area contributed by atoms with Gasteiger partial charge >= 0.3 is 5.97 Å². The summed E-state index contributed by atoms with van der Waals surface area (Å²) in [5.74, 6) is -0.261. The highest BCUT2D eigenvalue weighted by Crippen LogP contribution is 2.11. The van der Waals surface area contributed by atoms with Gasteiger partial charge in [-0.2, -0.15) is 0 Å². The van der Waals surface area contributed by atoms with Gasteiger partial charge in [-0.1, -0.05) is 5.21 Å². The van der Waals surface area contributed by atoms with Crippen LogP contribution in [0.25, 0.3) is 0 Å². The van der Waals surface area contributed by atoms with E-state index in [2.05, 4.69) is 27.2 Å². The van der Waals surface area contributed by atoms with E-state index in [0.717, 1.165) is 32.7 Å². The zero-order chi connectivity index (χ0) is 15.2. The molecule has 0 saturated carbocycles. The SMILES string of the molecule is CCOC(=O)c1nnn(CCN2CCN(C)CC2)c1CCl. The van der Waals surface area contributed by atoms with Crippen LogP contribution in [-0.4, -0.2) is 77.1 Å². The molecular formula is C13H22ClN5O2. The van der Waals surface area contributed by atoms with Crippen molar-refractivity contribution in [2.24, 2.45) is 0 Å². The molecular weight excluding hydrogens is 294 g/mol. The molecule has 0 unspecified atom stereocenters. The smallest absolute Gasteiger partial charge is 0.360 e. The average Bonchev–Trinajstić information content (AvgIpc) is 2.90. The van der Waals surface area contributed by atoms with Crippen molar-refractivity contribution in [1.29, 1.82) is 0 Å². The van der Waals surface area contributed by atoms with E-state index in [-0.39, 0.29) is 11.6 Å². The zero-order valence-electron chi connectivity index (χ0n) is 12.6. The summed E-state index contributed by atoms with van der Waals surface area (Å²) in [5.41, 5.74) is 0.856. The molecule has 0 aromatic carbocycles. The van der Waals surface area contributed by atoms with E-state index in [1.54, 1.807) is 11.6 Å². The first-order chi connectivity index (χ1) is 10.2. The van der Waals surface area contributed by atoms with Crippen LogP contribution in [-0.2, 0) is 17.2 Å². The molecule has 2 rings (SSSR count). The van der Waals surface area contributed by atoms with Gasteiger partial charge in [-0.15, -0.1) is 16.7 Å². The molecule has 1 aliphatic heterocycles. The lowest BCUT2D eigenvalue weighted by atomic mass is 10.3. The Morgan fingerprint density at radius 2 is 2.00 bits per heavy atom. The fourth-order valence-corrected chi connectivity index (χ4v) is 2.57. The molecule has 0 amide bonds. The maximum atomic E-state index is 11.8. The Morgan fingerprint density at radius 1 is 1.29 bits per heavy atom. The maximum Gasteiger partial charge on any atom is 0.360 e.